The Labute approximate surface area is 96.8 Å². The molecule has 2 N–H and O–H groups in total. The highest BCUT2D eigenvalue weighted by molar-refractivity contribution is 7.07. The summed E-state index contributed by atoms with van der Waals surface area (Å²) < 4.78 is 3.65. The van der Waals surface area contributed by atoms with Crippen molar-refractivity contribution in [2.45, 2.75) is 20.3 Å². The van der Waals surface area contributed by atoms with Crippen molar-refractivity contribution >= 4 is 23.4 Å². The number of rotatable bonds is 5. The molecule has 1 aromatic rings. The summed E-state index contributed by atoms with van der Waals surface area (Å²) in [5.74, 6) is -1.20. The third kappa shape index (κ3) is 3.58. The molecule has 1 atom stereocenters. The van der Waals surface area contributed by atoms with Gasteiger partial charge in [0.1, 0.15) is 4.88 Å². The standard InChI is InChI=1S/C9H13N3O3S/c1-5(3-7(13)14)4-10-9(15)8-6(2)11-12-16-8/h5H,3-4H2,1-2H3,(H,10,15)(H,13,14). The zero-order valence-corrected chi connectivity index (χ0v) is 9.87. The van der Waals surface area contributed by atoms with Gasteiger partial charge in [-0.3, -0.25) is 9.59 Å². The van der Waals surface area contributed by atoms with Crippen molar-refractivity contribution < 1.29 is 14.7 Å². The summed E-state index contributed by atoms with van der Waals surface area (Å²) in [6.45, 7) is 3.81. The van der Waals surface area contributed by atoms with E-state index >= 15 is 0 Å². The number of nitrogens with one attached hydrogen (secondary N) is 1. The zero-order valence-electron chi connectivity index (χ0n) is 9.06. The summed E-state index contributed by atoms with van der Waals surface area (Å²) in [5, 5.41) is 14.9. The molecule has 0 aromatic carbocycles. The van der Waals surface area contributed by atoms with Gasteiger partial charge in [0.05, 0.1) is 5.69 Å². The molecule has 0 radical (unpaired) electrons. The van der Waals surface area contributed by atoms with Crippen LogP contribution in [0, 0.1) is 12.8 Å². The molecule has 6 nitrogen and oxygen atoms in total. The Hall–Kier alpha value is -1.50. The average Bonchev–Trinajstić information content (AvgIpc) is 2.60. The van der Waals surface area contributed by atoms with E-state index in [9.17, 15) is 9.59 Å². The molecule has 0 bridgehead atoms. The number of hydrogen-bond donors (Lipinski definition) is 2. The number of amides is 1. The van der Waals surface area contributed by atoms with Crippen molar-refractivity contribution in [2.75, 3.05) is 6.54 Å². The van der Waals surface area contributed by atoms with Crippen molar-refractivity contribution in [3.05, 3.63) is 10.6 Å². The minimum absolute atomic E-state index is 0.0419. The van der Waals surface area contributed by atoms with E-state index < -0.39 is 5.97 Å². The number of carbonyl (C=O) groups is 2. The first kappa shape index (κ1) is 12.6. The van der Waals surface area contributed by atoms with Crippen LogP contribution in [0.5, 0.6) is 0 Å². The van der Waals surface area contributed by atoms with Crippen LogP contribution in [0.3, 0.4) is 0 Å². The van der Waals surface area contributed by atoms with E-state index in [1.54, 1.807) is 13.8 Å². The first-order valence-electron chi connectivity index (χ1n) is 4.79. The maximum atomic E-state index is 11.6. The predicted octanol–water partition coefficient (Wildman–Crippen LogP) is 0.687. The Bertz CT molecular complexity index is 391. The molecule has 1 unspecified atom stereocenters. The molecule has 0 spiro atoms. The van der Waals surface area contributed by atoms with E-state index in [0.29, 0.717) is 17.1 Å². The molecule has 88 valence electrons. The van der Waals surface area contributed by atoms with Crippen LogP contribution < -0.4 is 5.32 Å². The third-order valence-electron chi connectivity index (χ3n) is 1.99. The van der Waals surface area contributed by atoms with Gasteiger partial charge in [-0.25, -0.2) is 0 Å². The van der Waals surface area contributed by atoms with E-state index in [0.717, 1.165) is 11.5 Å². The number of aromatic nitrogens is 2. The van der Waals surface area contributed by atoms with Gasteiger partial charge in [0.15, 0.2) is 0 Å². The van der Waals surface area contributed by atoms with Gasteiger partial charge in [0, 0.05) is 13.0 Å². The highest BCUT2D eigenvalue weighted by Crippen LogP contribution is 2.09. The van der Waals surface area contributed by atoms with Gasteiger partial charge in [0.2, 0.25) is 0 Å². The molecule has 0 fully saturated rings. The quantitative estimate of drug-likeness (QED) is 0.793. The zero-order chi connectivity index (χ0) is 12.1. The lowest BCUT2D eigenvalue weighted by Gasteiger charge is -2.09. The number of aryl methyl sites for hydroxylation is 1. The van der Waals surface area contributed by atoms with E-state index in [1.165, 1.54) is 0 Å². The number of hydrogen-bond acceptors (Lipinski definition) is 5. The normalized spacial score (nSPS) is 12.1. The van der Waals surface area contributed by atoms with Crippen LogP contribution in [0.2, 0.25) is 0 Å². The van der Waals surface area contributed by atoms with Crippen LogP contribution in [-0.2, 0) is 4.79 Å². The lowest BCUT2D eigenvalue weighted by atomic mass is 10.1. The molecule has 0 aliphatic rings. The average molecular weight is 243 g/mol. The number of carboxylic acids is 1. The molecule has 1 aromatic heterocycles. The molecule has 1 heterocycles. The fourth-order valence-electron chi connectivity index (χ4n) is 1.16. The monoisotopic (exact) mass is 243 g/mol. The minimum Gasteiger partial charge on any atom is -0.481 e. The Morgan fingerprint density at radius 2 is 2.25 bits per heavy atom. The Balaban J connectivity index is 2.42. The van der Waals surface area contributed by atoms with Crippen molar-refractivity contribution in [3.63, 3.8) is 0 Å². The largest absolute Gasteiger partial charge is 0.481 e. The second-order valence-corrected chi connectivity index (χ2v) is 4.35. The third-order valence-corrected chi connectivity index (χ3v) is 2.82. The van der Waals surface area contributed by atoms with Gasteiger partial charge in [-0.1, -0.05) is 11.4 Å². The smallest absolute Gasteiger partial charge is 0.303 e. The molecule has 0 aliphatic carbocycles. The van der Waals surface area contributed by atoms with Crippen LogP contribution in [0.1, 0.15) is 28.7 Å². The molecular weight excluding hydrogens is 230 g/mol. The Kier molecular flexibility index (Phi) is 4.36. The fourth-order valence-corrected chi connectivity index (χ4v) is 1.73. The van der Waals surface area contributed by atoms with E-state index in [4.69, 9.17) is 5.11 Å². The predicted molar refractivity (Wildman–Crippen MR) is 58.4 cm³/mol. The van der Waals surface area contributed by atoms with Gasteiger partial charge < -0.3 is 10.4 Å². The maximum Gasteiger partial charge on any atom is 0.303 e. The SMILES string of the molecule is Cc1nnsc1C(=O)NCC(C)CC(=O)O. The van der Waals surface area contributed by atoms with E-state index in [-0.39, 0.29) is 18.2 Å². The molecule has 1 amide bonds. The van der Waals surface area contributed by atoms with Crippen LogP contribution in [0.15, 0.2) is 0 Å². The molecule has 0 saturated carbocycles. The number of nitrogens with zero attached hydrogens (tertiary/aromatic N) is 2. The van der Waals surface area contributed by atoms with Crippen molar-refractivity contribution in [1.82, 2.24) is 14.9 Å². The Morgan fingerprint density at radius 1 is 1.56 bits per heavy atom. The van der Waals surface area contributed by atoms with Crippen LogP contribution >= 0.6 is 11.5 Å². The minimum atomic E-state index is -0.864. The lowest BCUT2D eigenvalue weighted by molar-refractivity contribution is -0.137. The summed E-state index contributed by atoms with van der Waals surface area (Å²) in [6, 6.07) is 0. The molecule has 0 aliphatic heterocycles. The van der Waals surface area contributed by atoms with Crippen LogP contribution in [-0.4, -0.2) is 33.1 Å². The second-order valence-electron chi connectivity index (χ2n) is 3.60. The summed E-state index contributed by atoms with van der Waals surface area (Å²) in [7, 11) is 0. The number of carboxylic acid groups (broad SMARTS) is 1. The molecule has 0 saturated heterocycles. The summed E-state index contributed by atoms with van der Waals surface area (Å²) in [4.78, 5) is 22.5. The van der Waals surface area contributed by atoms with Gasteiger partial charge in [-0.2, -0.15) is 0 Å². The summed E-state index contributed by atoms with van der Waals surface area (Å²) >= 11 is 1.03. The lowest BCUT2D eigenvalue weighted by Crippen LogP contribution is -2.29. The highest BCUT2D eigenvalue weighted by Gasteiger charge is 2.14. The van der Waals surface area contributed by atoms with Crippen molar-refractivity contribution in [3.8, 4) is 0 Å². The second kappa shape index (κ2) is 5.55. The van der Waals surface area contributed by atoms with Gasteiger partial charge >= 0.3 is 5.97 Å². The summed E-state index contributed by atoms with van der Waals surface area (Å²) in [5.41, 5.74) is 0.591. The molecular formula is C9H13N3O3S. The van der Waals surface area contributed by atoms with Crippen molar-refractivity contribution in [2.24, 2.45) is 5.92 Å². The van der Waals surface area contributed by atoms with Crippen LogP contribution in [0.25, 0.3) is 0 Å². The topological polar surface area (TPSA) is 92.2 Å². The first-order chi connectivity index (χ1) is 7.50. The first-order valence-corrected chi connectivity index (χ1v) is 5.57. The van der Waals surface area contributed by atoms with Crippen LogP contribution in [0.4, 0.5) is 0 Å². The van der Waals surface area contributed by atoms with Crippen molar-refractivity contribution in [1.29, 1.82) is 0 Å². The number of carbonyl (C=O) groups excluding carboxylic acids is 1. The molecule has 16 heavy (non-hydrogen) atoms. The molecule has 1 rings (SSSR count). The fraction of sp³-hybridized carbons (Fsp3) is 0.556. The van der Waals surface area contributed by atoms with E-state index in [1.807, 2.05) is 0 Å². The van der Waals surface area contributed by atoms with Gasteiger partial charge in [-0.05, 0) is 24.4 Å². The number of aliphatic carboxylic acids is 1. The van der Waals surface area contributed by atoms with Gasteiger partial charge in [-0.15, -0.1) is 5.10 Å². The summed E-state index contributed by atoms with van der Waals surface area (Å²) in [6.07, 6.45) is 0.0419. The van der Waals surface area contributed by atoms with E-state index in [2.05, 4.69) is 14.9 Å². The maximum absolute atomic E-state index is 11.6. The molecule has 7 heteroatoms. The Morgan fingerprint density at radius 3 is 2.75 bits per heavy atom. The van der Waals surface area contributed by atoms with Gasteiger partial charge in [0.25, 0.3) is 5.91 Å². The highest BCUT2D eigenvalue weighted by atomic mass is 32.1.